The molecule has 0 bridgehead atoms. The maximum Gasteiger partial charge on any atom is 0.0851 e. The highest BCUT2D eigenvalue weighted by atomic mass is 127. The zero-order valence-corrected chi connectivity index (χ0v) is 4.95. The number of hydrogen-bond donors (Lipinski definition) is 0. The van der Waals surface area contributed by atoms with Crippen LogP contribution in [-0.4, -0.2) is 3.38 Å². The molecule has 0 aromatic heterocycles. The molecule has 0 amide bonds. The lowest BCUT2D eigenvalue weighted by atomic mass is 11.0. The Labute approximate surface area is 44.7 Å². The van der Waals surface area contributed by atoms with E-state index < -0.39 is 0 Å². The van der Waals surface area contributed by atoms with Crippen molar-refractivity contribution >= 4 is 34.2 Å². The van der Waals surface area contributed by atoms with Crippen molar-refractivity contribution in [2.45, 2.75) is 3.38 Å². The largest absolute Gasteiger partial charge is 0.111 e. The van der Waals surface area contributed by atoms with Gasteiger partial charge in [0.1, 0.15) is 0 Å². The maximum atomic E-state index is 5.15. The smallest absolute Gasteiger partial charge is 0.0851 e. The van der Waals surface area contributed by atoms with Gasteiger partial charge < -0.3 is 0 Å². The second-order valence-electron chi connectivity index (χ2n) is 0.391. The molecular weight excluding hydrogens is 186 g/mol. The average Bonchev–Trinajstić information content (AvgIpc) is 0.811. The molecule has 1 atom stereocenters. The van der Waals surface area contributed by atoms with Crippen molar-refractivity contribution in [1.29, 1.82) is 0 Å². The minimum atomic E-state index is 0.0256. The first-order chi connectivity index (χ1) is 1.73. The Hall–Kier alpha value is 1.02. The van der Waals surface area contributed by atoms with E-state index in [0.717, 1.165) is 0 Å². The van der Waals surface area contributed by atoms with Crippen molar-refractivity contribution in [2.24, 2.45) is 0 Å². The summed E-state index contributed by atoms with van der Waals surface area (Å²) in [6.45, 7) is 3.39. The van der Waals surface area contributed by atoms with Gasteiger partial charge in [-0.1, -0.05) is 22.6 Å². The van der Waals surface area contributed by atoms with Gasteiger partial charge in [-0.15, -0.1) is 11.6 Å². The Bertz CT molecular complexity index is 10.8. The molecule has 0 aromatic carbocycles. The molecule has 25 valence electrons. The summed E-state index contributed by atoms with van der Waals surface area (Å²) in [6.07, 6.45) is 0. The van der Waals surface area contributed by atoms with Gasteiger partial charge in [-0.3, -0.25) is 0 Å². The van der Waals surface area contributed by atoms with Crippen LogP contribution < -0.4 is 0 Å². The number of halogens is 2. The van der Waals surface area contributed by atoms with E-state index in [-0.39, 0.29) is 3.38 Å². The van der Waals surface area contributed by atoms with Gasteiger partial charge in [0.2, 0.25) is 0 Å². The molecule has 0 spiro atoms. The summed E-state index contributed by atoms with van der Waals surface area (Å²) in [5.74, 6) is 0. The van der Waals surface area contributed by atoms with Gasteiger partial charge in [0.05, 0.1) is 3.38 Å². The molecule has 2 heteroatoms. The van der Waals surface area contributed by atoms with Crippen molar-refractivity contribution < 1.29 is 0 Å². The molecule has 0 N–H and O–H groups in total. The van der Waals surface area contributed by atoms with Crippen LogP contribution in [0.2, 0.25) is 0 Å². The fourth-order valence-electron chi connectivity index (χ4n) is 0. The van der Waals surface area contributed by atoms with E-state index in [4.69, 9.17) is 11.6 Å². The van der Waals surface area contributed by atoms with Gasteiger partial charge in [0, 0.05) is 0 Å². The molecule has 0 aliphatic carbocycles. The van der Waals surface area contributed by atoms with Crippen LogP contribution in [0.15, 0.2) is 0 Å². The molecular formula is C2H3ClI. The van der Waals surface area contributed by atoms with Crippen LogP contribution in [0.3, 0.4) is 0 Å². The third kappa shape index (κ3) is 11.8. The molecule has 1 radical (unpaired) electrons. The Kier molecular flexibility index (Phi) is 2.85. The summed E-state index contributed by atoms with van der Waals surface area (Å²) in [5, 5.41) is 0. The van der Waals surface area contributed by atoms with Crippen molar-refractivity contribution in [1.82, 2.24) is 0 Å². The van der Waals surface area contributed by atoms with Crippen molar-refractivity contribution in [2.75, 3.05) is 0 Å². The fourth-order valence-corrected chi connectivity index (χ4v) is 0. The van der Waals surface area contributed by atoms with E-state index in [1.54, 1.807) is 0 Å². The zero-order chi connectivity index (χ0) is 3.58. The molecule has 0 heterocycles. The SMILES string of the molecule is [CH2]C(Cl)I. The molecule has 0 saturated heterocycles. The second-order valence-corrected chi connectivity index (χ2v) is 3.16. The minimum Gasteiger partial charge on any atom is -0.111 e. The highest BCUT2D eigenvalue weighted by Gasteiger charge is 1.74. The first-order valence-electron chi connectivity index (χ1n) is 0.845. The van der Waals surface area contributed by atoms with Crippen LogP contribution in [0.25, 0.3) is 0 Å². The van der Waals surface area contributed by atoms with Gasteiger partial charge >= 0.3 is 0 Å². The lowest BCUT2D eigenvalue weighted by Gasteiger charge is -1.72. The first kappa shape index (κ1) is 5.02. The molecule has 0 fully saturated rings. The summed E-state index contributed by atoms with van der Waals surface area (Å²) in [5.41, 5.74) is 0. The fraction of sp³-hybridized carbons (Fsp3) is 0.500. The third-order valence-electron chi connectivity index (χ3n) is 0. The first-order valence-corrected chi connectivity index (χ1v) is 2.53. The predicted molar refractivity (Wildman–Crippen MR) is 29.0 cm³/mol. The van der Waals surface area contributed by atoms with Crippen LogP contribution in [-0.2, 0) is 0 Å². The highest BCUT2D eigenvalue weighted by molar-refractivity contribution is 14.1. The van der Waals surface area contributed by atoms with Gasteiger partial charge in [0.25, 0.3) is 0 Å². The molecule has 1 unspecified atom stereocenters. The topological polar surface area (TPSA) is 0 Å². The second kappa shape index (κ2) is 2.27. The van der Waals surface area contributed by atoms with Gasteiger partial charge in [0.15, 0.2) is 0 Å². The Morgan fingerprint density at radius 1 is 2.00 bits per heavy atom. The summed E-state index contributed by atoms with van der Waals surface area (Å²) in [7, 11) is 0. The van der Waals surface area contributed by atoms with E-state index in [2.05, 4.69) is 6.92 Å². The Morgan fingerprint density at radius 3 is 2.00 bits per heavy atom. The monoisotopic (exact) mass is 189 g/mol. The molecule has 4 heavy (non-hydrogen) atoms. The van der Waals surface area contributed by atoms with E-state index in [0.29, 0.717) is 0 Å². The predicted octanol–water partition coefficient (Wildman–Crippen LogP) is 1.82. The van der Waals surface area contributed by atoms with Crippen LogP contribution in [0.4, 0.5) is 0 Å². The number of alkyl halides is 2. The maximum absolute atomic E-state index is 5.15. The summed E-state index contributed by atoms with van der Waals surface area (Å²) >= 11 is 7.15. The van der Waals surface area contributed by atoms with Crippen LogP contribution in [0.5, 0.6) is 0 Å². The lowest BCUT2D eigenvalue weighted by Crippen LogP contribution is -1.62. The van der Waals surface area contributed by atoms with Crippen molar-refractivity contribution in [3.63, 3.8) is 0 Å². The third-order valence-corrected chi connectivity index (χ3v) is 0. The minimum absolute atomic E-state index is 0.0256. The lowest BCUT2D eigenvalue weighted by molar-refractivity contribution is 1.74. The molecule has 0 aliphatic rings. The van der Waals surface area contributed by atoms with Gasteiger partial charge in [-0.25, -0.2) is 0 Å². The van der Waals surface area contributed by atoms with Crippen molar-refractivity contribution in [3.8, 4) is 0 Å². The normalized spacial score (nSPS) is 15.8. The molecule has 0 aliphatic heterocycles. The van der Waals surface area contributed by atoms with Crippen molar-refractivity contribution in [3.05, 3.63) is 6.92 Å². The van der Waals surface area contributed by atoms with Crippen LogP contribution >= 0.6 is 34.2 Å². The van der Waals surface area contributed by atoms with E-state index in [9.17, 15) is 0 Å². The molecule has 0 aromatic rings. The standard InChI is InChI=1S/C2H3ClI/c1-2(3)4/h2H,1H2. The number of hydrogen-bond acceptors (Lipinski definition) is 0. The van der Waals surface area contributed by atoms with Gasteiger partial charge in [-0.2, -0.15) is 0 Å². The average molecular weight is 189 g/mol. The summed E-state index contributed by atoms with van der Waals surface area (Å²) in [4.78, 5) is 0. The van der Waals surface area contributed by atoms with Crippen LogP contribution in [0.1, 0.15) is 0 Å². The molecule has 0 nitrogen and oxygen atoms in total. The quantitative estimate of drug-likeness (QED) is 0.403. The summed E-state index contributed by atoms with van der Waals surface area (Å²) in [6, 6.07) is 0. The van der Waals surface area contributed by atoms with E-state index in [1.165, 1.54) is 0 Å². The van der Waals surface area contributed by atoms with Crippen LogP contribution in [0, 0.1) is 6.92 Å². The van der Waals surface area contributed by atoms with Gasteiger partial charge in [-0.05, 0) is 6.92 Å². The number of rotatable bonds is 0. The Balaban J connectivity index is 2.32. The molecule has 0 rings (SSSR count). The zero-order valence-electron chi connectivity index (χ0n) is 2.04. The van der Waals surface area contributed by atoms with E-state index in [1.807, 2.05) is 22.6 Å². The highest BCUT2D eigenvalue weighted by Crippen LogP contribution is 1.99. The molecule has 0 saturated carbocycles. The van der Waals surface area contributed by atoms with E-state index >= 15 is 0 Å². The summed E-state index contributed by atoms with van der Waals surface area (Å²) < 4.78 is 0.0256. The Morgan fingerprint density at radius 2 is 2.00 bits per heavy atom.